The van der Waals surface area contributed by atoms with E-state index in [0.717, 1.165) is 12.2 Å². The van der Waals surface area contributed by atoms with Crippen LogP contribution in [-0.2, 0) is 14.4 Å². The first-order valence-electron chi connectivity index (χ1n) is 9.10. The molecule has 0 aromatic heterocycles. The van der Waals surface area contributed by atoms with Gasteiger partial charge in [-0.3, -0.25) is 19.3 Å². The summed E-state index contributed by atoms with van der Waals surface area (Å²) in [5.41, 5.74) is 0.603. The predicted octanol–water partition coefficient (Wildman–Crippen LogP) is 2.22. The highest BCUT2D eigenvalue weighted by Crippen LogP contribution is 2.52. The van der Waals surface area contributed by atoms with Crippen molar-refractivity contribution in [3.8, 4) is 5.75 Å². The molecule has 1 saturated heterocycles. The summed E-state index contributed by atoms with van der Waals surface area (Å²) in [7, 11) is 0. The van der Waals surface area contributed by atoms with Gasteiger partial charge in [0.05, 0.1) is 18.4 Å². The number of fused-ring (bicyclic) bond motifs is 5. The first-order chi connectivity index (χ1) is 12.5. The average molecular weight is 354 g/mol. The van der Waals surface area contributed by atoms with Crippen molar-refractivity contribution >= 4 is 23.4 Å². The maximum Gasteiger partial charge on any atom is 0.247 e. The van der Waals surface area contributed by atoms with E-state index in [-0.39, 0.29) is 41.4 Å². The van der Waals surface area contributed by atoms with Crippen molar-refractivity contribution in [1.82, 2.24) is 4.90 Å². The fraction of sp³-hybridized carbons (Fsp3) is 0.450. The average Bonchev–Trinajstić information content (AvgIpc) is 3.30. The van der Waals surface area contributed by atoms with E-state index in [4.69, 9.17) is 4.74 Å². The van der Waals surface area contributed by atoms with Crippen LogP contribution in [0.1, 0.15) is 20.3 Å². The first kappa shape index (κ1) is 16.8. The van der Waals surface area contributed by atoms with Gasteiger partial charge in [-0.2, -0.15) is 0 Å². The van der Waals surface area contributed by atoms with E-state index in [1.165, 1.54) is 4.90 Å². The van der Waals surface area contributed by atoms with Gasteiger partial charge < -0.3 is 10.1 Å². The van der Waals surface area contributed by atoms with Gasteiger partial charge in [0.1, 0.15) is 11.8 Å². The number of carbonyl (C=O) groups excluding carboxylic acids is 3. The number of nitrogens with zero attached hydrogens (tertiary/aromatic N) is 1. The number of allylic oxidation sites excluding steroid dienone is 2. The molecule has 3 aliphatic rings. The van der Waals surface area contributed by atoms with E-state index in [9.17, 15) is 14.4 Å². The Labute approximate surface area is 152 Å². The summed E-state index contributed by atoms with van der Waals surface area (Å²) >= 11 is 0. The molecule has 0 radical (unpaired) electrons. The highest BCUT2D eigenvalue weighted by molar-refractivity contribution is 6.10. The van der Waals surface area contributed by atoms with E-state index in [1.807, 2.05) is 19.1 Å². The predicted molar refractivity (Wildman–Crippen MR) is 95.3 cm³/mol. The molecule has 0 unspecified atom stereocenters. The Bertz CT molecular complexity index is 756. The lowest BCUT2D eigenvalue weighted by Crippen LogP contribution is -2.46. The van der Waals surface area contributed by atoms with Gasteiger partial charge in [0, 0.05) is 5.69 Å². The number of imide groups is 1. The van der Waals surface area contributed by atoms with Crippen LogP contribution < -0.4 is 10.1 Å². The summed E-state index contributed by atoms with van der Waals surface area (Å²) in [5, 5.41) is 2.78. The minimum Gasteiger partial charge on any atom is -0.494 e. The minimum atomic E-state index is -0.827. The monoisotopic (exact) mass is 354 g/mol. The molecule has 1 saturated carbocycles. The van der Waals surface area contributed by atoms with Crippen LogP contribution >= 0.6 is 0 Å². The molecule has 2 aliphatic carbocycles. The molecule has 4 rings (SSSR count). The SMILES string of the molecule is CCOc1ccc(NC(=O)[C@H](C)N2C(=O)[C@@H]3[C@H](C2=O)[C@H]2C=C[C@H]3C2)cc1. The number of carbonyl (C=O) groups is 3. The normalized spacial score (nSPS) is 29.8. The van der Waals surface area contributed by atoms with Crippen LogP contribution in [0.5, 0.6) is 5.75 Å². The molecular formula is C20H22N2O4. The summed E-state index contributed by atoms with van der Waals surface area (Å²) in [6.07, 6.45) is 4.98. The molecular weight excluding hydrogens is 332 g/mol. The molecule has 1 aromatic rings. The van der Waals surface area contributed by atoms with Gasteiger partial charge in [0.15, 0.2) is 0 Å². The van der Waals surface area contributed by atoms with Crippen LogP contribution in [0.3, 0.4) is 0 Å². The van der Waals surface area contributed by atoms with Gasteiger partial charge >= 0.3 is 0 Å². The maximum atomic E-state index is 12.8. The van der Waals surface area contributed by atoms with E-state index in [1.54, 1.807) is 31.2 Å². The smallest absolute Gasteiger partial charge is 0.247 e. The number of hydrogen-bond acceptors (Lipinski definition) is 4. The van der Waals surface area contributed by atoms with E-state index in [2.05, 4.69) is 5.32 Å². The van der Waals surface area contributed by atoms with E-state index >= 15 is 0 Å². The number of nitrogens with one attached hydrogen (secondary N) is 1. The Kier molecular flexibility index (Phi) is 4.05. The van der Waals surface area contributed by atoms with E-state index in [0.29, 0.717) is 12.3 Å². The second-order valence-electron chi connectivity index (χ2n) is 7.17. The van der Waals surface area contributed by atoms with Crippen molar-refractivity contribution in [3.63, 3.8) is 0 Å². The number of likely N-dealkylation sites (tertiary alicyclic amines) is 1. The number of ether oxygens (including phenoxy) is 1. The minimum absolute atomic E-state index is 0.146. The Hall–Kier alpha value is -2.63. The lowest BCUT2D eigenvalue weighted by atomic mass is 9.85. The van der Waals surface area contributed by atoms with Gasteiger partial charge in [0.2, 0.25) is 17.7 Å². The molecule has 1 aliphatic heterocycles. The van der Waals surface area contributed by atoms with Gasteiger partial charge in [0.25, 0.3) is 0 Å². The number of rotatable bonds is 5. The van der Waals surface area contributed by atoms with Crippen LogP contribution in [0.15, 0.2) is 36.4 Å². The molecule has 136 valence electrons. The zero-order valence-corrected chi connectivity index (χ0v) is 14.8. The highest BCUT2D eigenvalue weighted by atomic mass is 16.5. The molecule has 6 heteroatoms. The van der Waals surface area contributed by atoms with Gasteiger partial charge in [-0.1, -0.05) is 12.2 Å². The lowest BCUT2D eigenvalue weighted by Gasteiger charge is -2.23. The third kappa shape index (κ3) is 2.52. The van der Waals surface area contributed by atoms with Crippen LogP contribution in [0.4, 0.5) is 5.69 Å². The highest BCUT2D eigenvalue weighted by Gasteiger charge is 2.60. The van der Waals surface area contributed by atoms with Crippen molar-refractivity contribution in [3.05, 3.63) is 36.4 Å². The molecule has 2 bridgehead atoms. The molecule has 0 spiro atoms. The molecule has 5 atom stereocenters. The third-order valence-electron chi connectivity index (χ3n) is 5.70. The number of benzene rings is 1. The molecule has 3 amide bonds. The number of amides is 3. The van der Waals surface area contributed by atoms with Crippen molar-refractivity contribution in [1.29, 1.82) is 0 Å². The summed E-state index contributed by atoms with van der Waals surface area (Å²) < 4.78 is 5.37. The molecule has 1 N–H and O–H groups in total. The molecule has 1 heterocycles. The largest absolute Gasteiger partial charge is 0.494 e. The summed E-state index contributed by atoms with van der Waals surface area (Å²) in [6.45, 7) is 4.08. The topological polar surface area (TPSA) is 75.7 Å². The van der Waals surface area contributed by atoms with E-state index < -0.39 is 6.04 Å². The molecule has 6 nitrogen and oxygen atoms in total. The van der Waals surface area contributed by atoms with Gasteiger partial charge in [-0.15, -0.1) is 0 Å². The van der Waals surface area contributed by atoms with Crippen LogP contribution in [-0.4, -0.2) is 35.3 Å². The summed E-state index contributed by atoms with van der Waals surface area (Å²) in [5.74, 6) is -0.315. The zero-order valence-electron chi connectivity index (χ0n) is 14.8. The lowest BCUT2D eigenvalue weighted by molar-refractivity contribution is -0.146. The summed E-state index contributed by atoms with van der Waals surface area (Å²) in [6, 6.07) is 6.18. The zero-order chi connectivity index (χ0) is 18.4. The Morgan fingerprint density at radius 2 is 1.73 bits per heavy atom. The summed E-state index contributed by atoms with van der Waals surface area (Å²) in [4.78, 5) is 39.3. The Morgan fingerprint density at radius 1 is 1.15 bits per heavy atom. The number of hydrogen-bond donors (Lipinski definition) is 1. The molecule has 26 heavy (non-hydrogen) atoms. The molecule has 2 fully saturated rings. The quantitative estimate of drug-likeness (QED) is 0.650. The molecule has 1 aromatic carbocycles. The van der Waals surface area contributed by atoms with Crippen molar-refractivity contribution in [2.45, 2.75) is 26.3 Å². The Balaban J connectivity index is 1.46. The second-order valence-corrected chi connectivity index (χ2v) is 7.17. The second kappa shape index (κ2) is 6.27. The van der Waals surface area contributed by atoms with Crippen molar-refractivity contribution in [2.75, 3.05) is 11.9 Å². The van der Waals surface area contributed by atoms with Crippen LogP contribution in [0.2, 0.25) is 0 Å². The maximum absolute atomic E-state index is 12.8. The van der Waals surface area contributed by atoms with Crippen LogP contribution in [0, 0.1) is 23.7 Å². The fourth-order valence-electron chi connectivity index (χ4n) is 4.47. The van der Waals surface area contributed by atoms with Crippen molar-refractivity contribution < 1.29 is 19.1 Å². The van der Waals surface area contributed by atoms with Gasteiger partial charge in [-0.05, 0) is 56.4 Å². The Morgan fingerprint density at radius 3 is 2.27 bits per heavy atom. The third-order valence-corrected chi connectivity index (χ3v) is 5.70. The first-order valence-corrected chi connectivity index (χ1v) is 9.10. The van der Waals surface area contributed by atoms with Crippen LogP contribution in [0.25, 0.3) is 0 Å². The van der Waals surface area contributed by atoms with Gasteiger partial charge in [-0.25, -0.2) is 0 Å². The standard InChI is InChI=1S/C20H22N2O4/c1-3-26-15-8-6-14(7-9-15)21-18(23)11(2)22-19(24)16-12-4-5-13(10-12)17(16)20(22)25/h4-9,11-13,16-17H,3,10H2,1-2H3,(H,21,23)/t11-,12-,13-,16-,17+/m0/s1. The van der Waals surface area contributed by atoms with Crippen molar-refractivity contribution in [2.24, 2.45) is 23.7 Å². The number of anilines is 1. The fourth-order valence-corrected chi connectivity index (χ4v) is 4.47.